The van der Waals surface area contributed by atoms with Crippen LogP contribution in [0, 0.1) is 0 Å². The quantitative estimate of drug-likeness (QED) is 0.908. The van der Waals surface area contributed by atoms with E-state index in [1.807, 2.05) is 0 Å². The van der Waals surface area contributed by atoms with E-state index in [-0.39, 0.29) is 17.6 Å². The average molecular weight is 285 g/mol. The Kier molecular flexibility index (Phi) is 3.41. The van der Waals surface area contributed by atoms with Gasteiger partial charge in [-0.1, -0.05) is 31.2 Å². The van der Waals surface area contributed by atoms with Crippen LogP contribution in [-0.2, 0) is 6.42 Å². The molecule has 0 bridgehead atoms. The van der Waals surface area contributed by atoms with Crippen LogP contribution in [0.1, 0.15) is 53.8 Å². The van der Waals surface area contributed by atoms with Gasteiger partial charge in [-0.05, 0) is 30.9 Å². The Bertz CT molecular complexity index is 661. The molecule has 0 aliphatic carbocycles. The van der Waals surface area contributed by atoms with Crippen molar-refractivity contribution in [3.8, 4) is 0 Å². The third kappa shape index (κ3) is 2.39. The fraction of sp³-hybridized carbons (Fsp3) is 0.375. The van der Waals surface area contributed by atoms with Gasteiger partial charge in [0.1, 0.15) is 11.4 Å². The van der Waals surface area contributed by atoms with Crippen molar-refractivity contribution in [1.82, 2.24) is 9.78 Å². The fourth-order valence-electron chi connectivity index (χ4n) is 2.87. The highest BCUT2D eigenvalue weighted by molar-refractivity contribution is 5.93. The Hall–Kier alpha value is -2.30. The van der Waals surface area contributed by atoms with Crippen LogP contribution in [0.4, 0.5) is 5.82 Å². The molecular formula is C16H19N3O2. The second-order valence-electron chi connectivity index (χ2n) is 5.53. The molecule has 0 radical (unpaired) electrons. The molecule has 5 nitrogen and oxygen atoms in total. The molecule has 110 valence electrons. The molecule has 0 saturated carbocycles. The number of nitrogens with one attached hydrogen (secondary N) is 1. The highest BCUT2D eigenvalue weighted by Gasteiger charge is 2.29. The Morgan fingerprint density at radius 3 is 2.76 bits per heavy atom. The van der Waals surface area contributed by atoms with Crippen molar-refractivity contribution in [3.05, 3.63) is 47.2 Å². The van der Waals surface area contributed by atoms with Gasteiger partial charge in [0.25, 0.3) is 0 Å². The van der Waals surface area contributed by atoms with Crippen molar-refractivity contribution in [2.75, 3.05) is 5.32 Å². The summed E-state index contributed by atoms with van der Waals surface area (Å²) in [6.07, 6.45) is 3.33. The summed E-state index contributed by atoms with van der Waals surface area (Å²) in [6.45, 7) is 4.20. The van der Waals surface area contributed by atoms with Gasteiger partial charge < -0.3 is 10.4 Å². The maximum Gasteiger partial charge on any atom is 0.341 e. The van der Waals surface area contributed by atoms with E-state index < -0.39 is 5.97 Å². The number of hydrogen-bond donors (Lipinski definition) is 2. The third-order valence-corrected chi connectivity index (χ3v) is 4.12. The minimum Gasteiger partial charge on any atom is -0.477 e. The average Bonchev–Trinajstić information content (AvgIpc) is 2.92. The number of rotatable bonds is 3. The fourth-order valence-corrected chi connectivity index (χ4v) is 2.87. The van der Waals surface area contributed by atoms with Crippen LogP contribution in [0.2, 0.25) is 0 Å². The molecule has 2 N–H and O–H groups in total. The monoisotopic (exact) mass is 285 g/mol. The van der Waals surface area contributed by atoms with E-state index in [1.165, 1.54) is 17.3 Å². The Labute approximate surface area is 123 Å². The Balaban J connectivity index is 1.92. The van der Waals surface area contributed by atoms with E-state index in [9.17, 15) is 9.90 Å². The molecule has 0 spiro atoms. The highest BCUT2D eigenvalue weighted by atomic mass is 16.4. The zero-order valence-electron chi connectivity index (χ0n) is 12.2. The van der Waals surface area contributed by atoms with E-state index in [2.05, 4.69) is 48.5 Å². The largest absolute Gasteiger partial charge is 0.477 e. The molecular weight excluding hydrogens is 266 g/mol. The zero-order valence-corrected chi connectivity index (χ0v) is 12.2. The van der Waals surface area contributed by atoms with E-state index in [4.69, 9.17) is 0 Å². The number of aromatic carboxylic acids is 1. The molecule has 2 atom stereocenters. The highest BCUT2D eigenvalue weighted by Crippen LogP contribution is 2.36. The Morgan fingerprint density at radius 2 is 2.14 bits per heavy atom. The molecule has 1 aromatic heterocycles. The first kappa shape index (κ1) is 13.7. The second-order valence-corrected chi connectivity index (χ2v) is 5.53. The minimum absolute atomic E-state index is 0.119. The number of benzene rings is 1. The van der Waals surface area contributed by atoms with E-state index in [0.29, 0.717) is 5.82 Å². The molecule has 5 heteroatoms. The van der Waals surface area contributed by atoms with Gasteiger partial charge in [0.15, 0.2) is 0 Å². The molecule has 0 unspecified atom stereocenters. The molecule has 2 heterocycles. The number of nitrogens with zero attached hydrogens (tertiary/aromatic N) is 2. The number of aromatic nitrogens is 2. The predicted octanol–water partition coefficient (Wildman–Crippen LogP) is 3.26. The maximum absolute atomic E-state index is 11.3. The van der Waals surface area contributed by atoms with Crippen LogP contribution < -0.4 is 5.32 Å². The van der Waals surface area contributed by atoms with Crippen molar-refractivity contribution in [1.29, 1.82) is 0 Å². The number of aryl methyl sites for hydroxylation is 1. The standard InChI is InChI=1S/C16H19N3O2/c1-3-11-4-6-12(7-5-11)14-8-10(2)19-15(18-14)13(9-17-19)16(20)21/h4-7,9-10,14,18H,3,8H2,1-2H3,(H,20,21)/t10-,14-/m1/s1. The molecule has 0 fully saturated rings. The normalized spacial score (nSPS) is 20.7. The van der Waals surface area contributed by atoms with Gasteiger partial charge in [0, 0.05) is 0 Å². The summed E-state index contributed by atoms with van der Waals surface area (Å²) in [5, 5.41) is 16.8. The van der Waals surface area contributed by atoms with Gasteiger partial charge in [-0.25, -0.2) is 9.48 Å². The van der Waals surface area contributed by atoms with Gasteiger partial charge in [-0.3, -0.25) is 0 Å². The number of hydrogen-bond acceptors (Lipinski definition) is 3. The van der Waals surface area contributed by atoms with Crippen LogP contribution in [0.3, 0.4) is 0 Å². The van der Waals surface area contributed by atoms with Gasteiger partial charge in [0.05, 0.1) is 18.3 Å². The van der Waals surface area contributed by atoms with Gasteiger partial charge in [-0.2, -0.15) is 5.10 Å². The molecule has 0 saturated heterocycles. The SMILES string of the molecule is CCc1ccc([C@H]2C[C@@H](C)n3ncc(C(=O)O)c3N2)cc1. The van der Waals surface area contributed by atoms with Gasteiger partial charge >= 0.3 is 5.97 Å². The number of carboxylic acid groups (broad SMARTS) is 1. The molecule has 3 rings (SSSR count). The van der Waals surface area contributed by atoms with Crippen LogP contribution in [0.5, 0.6) is 0 Å². The second kappa shape index (κ2) is 5.24. The summed E-state index contributed by atoms with van der Waals surface area (Å²) in [4.78, 5) is 11.3. The third-order valence-electron chi connectivity index (χ3n) is 4.12. The van der Waals surface area contributed by atoms with Gasteiger partial charge in [-0.15, -0.1) is 0 Å². The summed E-state index contributed by atoms with van der Waals surface area (Å²) in [7, 11) is 0. The number of carbonyl (C=O) groups is 1. The van der Waals surface area contributed by atoms with Crippen LogP contribution in [-0.4, -0.2) is 20.9 Å². The van der Waals surface area contributed by atoms with Crippen LogP contribution in [0.15, 0.2) is 30.5 Å². The molecule has 0 amide bonds. The first-order valence-corrected chi connectivity index (χ1v) is 7.26. The van der Waals surface area contributed by atoms with Crippen molar-refractivity contribution >= 4 is 11.8 Å². The van der Waals surface area contributed by atoms with Crippen LogP contribution in [0.25, 0.3) is 0 Å². The smallest absolute Gasteiger partial charge is 0.341 e. The summed E-state index contributed by atoms with van der Waals surface area (Å²) >= 11 is 0. The first-order valence-electron chi connectivity index (χ1n) is 7.26. The predicted molar refractivity (Wildman–Crippen MR) is 80.7 cm³/mol. The van der Waals surface area contributed by atoms with Crippen molar-refractivity contribution in [3.63, 3.8) is 0 Å². The lowest BCUT2D eigenvalue weighted by Crippen LogP contribution is -2.26. The van der Waals surface area contributed by atoms with Crippen molar-refractivity contribution in [2.24, 2.45) is 0 Å². The zero-order chi connectivity index (χ0) is 15.0. The molecule has 21 heavy (non-hydrogen) atoms. The van der Waals surface area contributed by atoms with Gasteiger partial charge in [0.2, 0.25) is 0 Å². The summed E-state index contributed by atoms with van der Waals surface area (Å²) in [5.41, 5.74) is 2.72. The molecule has 1 aliphatic heterocycles. The summed E-state index contributed by atoms with van der Waals surface area (Å²) in [5.74, 6) is -0.344. The lowest BCUT2D eigenvalue weighted by molar-refractivity contribution is 0.0697. The van der Waals surface area contributed by atoms with Crippen molar-refractivity contribution in [2.45, 2.75) is 38.8 Å². The van der Waals surface area contributed by atoms with E-state index in [0.717, 1.165) is 12.8 Å². The summed E-state index contributed by atoms with van der Waals surface area (Å²) in [6, 6.07) is 8.79. The lowest BCUT2D eigenvalue weighted by Gasteiger charge is -2.31. The maximum atomic E-state index is 11.3. The number of anilines is 1. The summed E-state index contributed by atoms with van der Waals surface area (Å²) < 4.78 is 1.76. The molecule has 2 aromatic rings. The minimum atomic E-state index is -0.946. The molecule has 1 aliphatic rings. The first-order chi connectivity index (χ1) is 10.1. The molecule has 1 aromatic carbocycles. The number of carboxylic acids is 1. The topological polar surface area (TPSA) is 67.2 Å². The van der Waals surface area contributed by atoms with Crippen molar-refractivity contribution < 1.29 is 9.90 Å². The lowest BCUT2D eigenvalue weighted by atomic mass is 9.96. The number of fused-ring (bicyclic) bond motifs is 1. The van der Waals surface area contributed by atoms with E-state index >= 15 is 0 Å². The van der Waals surface area contributed by atoms with Crippen LogP contribution >= 0.6 is 0 Å². The Morgan fingerprint density at radius 1 is 1.43 bits per heavy atom. The van der Waals surface area contributed by atoms with E-state index in [1.54, 1.807) is 4.68 Å².